The standard InChI is InChI=1S/C10H23NO2/c1-10(12)6-4-7-11(2)8-5-9-13-3/h10,12H,4-9H2,1-3H3. The van der Waals surface area contributed by atoms with Crippen molar-refractivity contribution in [3.63, 3.8) is 0 Å². The SMILES string of the molecule is COCCCN(C)CCCC(C)O. The monoisotopic (exact) mass is 189 g/mol. The summed E-state index contributed by atoms with van der Waals surface area (Å²) in [6, 6.07) is 0. The topological polar surface area (TPSA) is 32.7 Å². The molecule has 0 spiro atoms. The van der Waals surface area contributed by atoms with Crippen LogP contribution in [0.25, 0.3) is 0 Å². The number of aliphatic hydroxyl groups is 1. The Labute approximate surface area is 81.7 Å². The fourth-order valence-electron chi connectivity index (χ4n) is 1.25. The molecule has 0 saturated carbocycles. The van der Waals surface area contributed by atoms with Gasteiger partial charge in [-0.2, -0.15) is 0 Å². The maximum absolute atomic E-state index is 9.04. The van der Waals surface area contributed by atoms with E-state index in [4.69, 9.17) is 9.84 Å². The summed E-state index contributed by atoms with van der Waals surface area (Å²) in [5.74, 6) is 0. The molecule has 0 aliphatic heterocycles. The van der Waals surface area contributed by atoms with Crippen LogP contribution in [-0.2, 0) is 4.74 Å². The lowest BCUT2D eigenvalue weighted by atomic mass is 10.2. The third-order valence-corrected chi connectivity index (χ3v) is 2.05. The van der Waals surface area contributed by atoms with Crippen molar-refractivity contribution < 1.29 is 9.84 Å². The predicted molar refractivity (Wildman–Crippen MR) is 54.9 cm³/mol. The molecule has 0 amide bonds. The van der Waals surface area contributed by atoms with Crippen LogP contribution in [0.3, 0.4) is 0 Å². The first-order valence-corrected chi connectivity index (χ1v) is 5.02. The van der Waals surface area contributed by atoms with Gasteiger partial charge in [-0.25, -0.2) is 0 Å². The predicted octanol–water partition coefficient (Wildman–Crippen LogP) is 1.12. The maximum atomic E-state index is 9.04. The van der Waals surface area contributed by atoms with E-state index >= 15 is 0 Å². The van der Waals surface area contributed by atoms with E-state index in [-0.39, 0.29) is 6.10 Å². The van der Waals surface area contributed by atoms with Crippen LogP contribution in [0, 0.1) is 0 Å². The Morgan fingerprint density at radius 2 is 1.92 bits per heavy atom. The Hall–Kier alpha value is -0.120. The summed E-state index contributed by atoms with van der Waals surface area (Å²) in [7, 11) is 3.84. The Morgan fingerprint density at radius 1 is 1.31 bits per heavy atom. The molecule has 0 aliphatic carbocycles. The molecule has 0 bridgehead atoms. The van der Waals surface area contributed by atoms with Crippen molar-refractivity contribution >= 4 is 0 Å². The van der Waals surface area contributed by atoms with Gasteiger partial charge in [-0.1, -0.05) is 0 Å². The zero-order valence-corrected chi connectivity index (χ0v) is 9.12. The zero-order chi connectivity index (χ0) is 10.1. The summed E-state index contributed by atoms with van der Waals surface area (Å²) in [5.41, 5.74) is 0. The summed E-state index contributed by atoms with van der Waals surface area (Å²) >= 11 is 0. The lowest BCUT2D eigenvalue weighted by molar-refractivity contribution is 0.165. The van der Waals surface area contributed by atoms with Crippen molar-refractivity contribution in [2.45, 2.75) is 32.3 Å². The fraction of sp³-hybridized carbons (Fsp3) is 1.00. The number of nitrogens with zero attached hydrogens (tertiary/aromatic N) is 1. The van der Waals surface area contributed by atoms with Gasteiger partial charge in [0.1, 0.15) is 0 Å². The van der Waals surface area contributed by atoms with Gasteiger partial charge in [0.05, 0.1) is 6.10 Å². The molecule has 0 aromatic heterocycles. The number of rotatable bonds is 8. The molecule has 1 unspecified atom stereocenters. The molecule has 1 atom stereocenters. The molecule has 13 heavy (non-hydrogen) atoms. The number of hydrogen-bond acceptors (Lipinski definition) is 3. The zero-order valence-electron chi connectivity index (χ0n) is 9.12. The van der Waals surface area contributed by atoms with Gasteiger partial charge in [0, 0.05) is 20.3 Å². The maximum Gasteiger partial charge on any atom is 0.0512 e. The summed E-state index contributed by atoms with van der Waals surface area (Å²) in [5, 5.41) is 9.04. The first kappa shape index (κ1) is 12.9. The average molecular weight is 189 g/mol. The molecule has 3 heteroatoms. The van der Waals surface area contributed by atoms with Crippen LogP contribution >= 0.6 is 0 Å². The largest absolute Gasteiger partial charge is 0.393 e. The van der Waals surface area contributed by atoms with Crippen LogP contribution in [-0.4, -0.2) is 50.0 Å². The third kappa shape index (κ3) is 9.80. The highest BCUT2D eigenvalue weighted by molar-refractivity contribution is 4.54. The van der Waals surface area contributed by atoms with Crippen LogP contribution in [0.1, 0.15) is 26.2 Å². The molecule has 0 aromatic rings. The first-order chi connectivity index (χ1) is 6.16. The Morgan fingerprint density at radius 3 is 2.46 bits per heavy atom. The highest BCUT2D eigenvalue weighted by Crippen LogP contribution is 1.98. The van der Waals surface area contributed by atoms with Gasteiger partial charge >= 0.3 is 0 Å². The van der Waals surface area contributed by atoms with Crippen molar-refractivity contribution in [2.24, 2.45) is 0 Å². The number of aliphatic hydroxyl groups excluding tert-OH is 1. The second-order valence-electron chi connectivity index (χ2n) is 3.64. The smallest absolute Gasteiger partial charge is 0.0512 e. The van der Waals surface area contributed by atoms with Crippen molar-refractivity contribution in [2.75, 3.05) is 33.9 Å². The number of methoxy groups -OCH3 is 1. The minimum absolute atomic E-state index is 0.160. The second kappa shape index (κ2) is 8.48. The fourth-order valence-corrected chi connectivity index (χ4v) is 1.25. The molecule has 80 valence electrons. The van der Waals surface area contributed by atoms with Crippen molar-refractivity contribution in [3.8, 4) is 0 Å². The lowest BCUT2D eigenvalue weighted by Gasteiger charge is -2.16. The molecule has 0 radical (unpaired) electrons. The summed E-state index contributed by atoms with van der Waals surface area (Å²) in [6.07, 6.45) is 2.89. The van der Waals surface area contributed by atoms with E-state index in [1.807, 2.05) is 6.92 Å². The minimum Gasteiger partial charge on any atom is -0.393 e. The number of hydrogen-bond donors (Lipinski definition) is 1. The van der Waals surface area contributed by atoms with Crippen LogP contribution in [0.15, 0.2) is 0 Å². The van der Waals surface area contributed by atoms with Crippen molar-refractivity contribution in [1.82, 2.24) is 4.90 Å². The molecule has 3 nitrogen and oxygen atoms in total. The van der Waals surface area contributed by atoms with Crippen LogP contribution < -0.4 is 0 Å². The third-order valence-electron chi connectivity index (χ3n) is 2.05. The van der Waals surface area contributed by atoms with E-state index in [1.165, 1.54) is 0 Å². The molecule has 0 aliphatic rings. The second-order valence-corrected chi connectivity index (χ2v) is 3.64. The van der Waals surface area contributed by atoms with E-state index in [0.717, 1.165) is 39.0 Å². The highest BCUT2D eigenvalue weighted by atomic mass is 16.5. The summed E-state index contributed by atoms with van der Waals surface area (Å²) < 4.78 is 4.97. The normalized spacial score (nSPS) is 13.6. The van der Waals surface area contributed by atoms with Crippen molar-refractivity contribution in [3.05, 3.63) is 0 Å². The molecular weight excluding hydrogens is 166 g/mol. The van der Waals surface area contributed by atoms with Crippen molar-refractivity contribution in [1.29, 1.82) is 0 Å². The van der Waals surface area contributed by atoms with Gasteiger partial charge in [0.25, 0.3) is 0 Å². The molecule has 0 rings (SSSR count). The summed E-state index contributed by atoms with van der Waals surface area (Å²) in [6.45, 7) is 4.81. The van der Waals surface area contributed by atoms with Crippen LogP contribution in [0.4, 0.5) is 0 Å². The Balaban J connectivity index is 3.15. The van der Waals surface area contributed by atoms with Crippen LogP contribution in [0.2, 0.25) is 0 Å². The Bertz CT molecular complexity index is 107. The molecule has 1 N–H and O–H groups in total. The molecule has 0 heterocycles. The molecule has 0 aromatic carbocycles. The minimum atomic E-state index is -0.160. The van der Waals surface area contributed by atoms with E-state index in [2.05, 4.69) is 11.9 Å². The quantitative estimate of drug-likeness (QED) is 0.581. The molecule has 0 saturated heterocycles. The van der Waals surface area contributed by atoms with Gasteiger partial charge < -0.3 is 14.7 Å². The van der Waals surface area contributed by atoms with E-state index in [9.17, 15) is 0 Å². The number of ether oxygens (including phenoxy) is 1. The molecular formula is C10H23NO2. The van der Waals surface area contributed by atoms with Gasteiger partial charge in [-0.05, 0) is 39.8 Å². The van der Waals surface area contributed by atoms with Crippen LogP contribution in [0.5, 0.6) is 0 Å². The van der Waals surface area contributed by atoms with Gasteiger partial charge in [-0.3, -0.25) is 0 Å². The highest BCUT2D eigenvalue weighted by Gasteiger charge is 1.99. The van der Waals surface area contributed by atoms with E-state index in [1.54, 1.807) is 7.11 Å². The molecule has 0 fully saturated rings. The first-order valence-electron chi connectivity index (χ1n) is 5.02. The van der Waals surface area contributed by atoms with Gasteiger partial charge in [-0.15, -0.1) is 0 Å². The lowest BCUT2D eigenvalue weighted by Crippen LogP contribution is -2.22. The van der Waals surface area contributed by atoms with E-state index in [0.29, 0.717) is 0 Å². The summed E-state index contributed by atoms with van der Waals surface area (Å²) in [4.78, 5) is 2.28. The Kier molecular flexibility index (Phi) is 8.40. The van der Waals surface area contributed by atoms with E-state index < -0.39 is 0 Å². The van der Waals surface area contributed by atoms with Gasteiger partial charge in [0.2, 0.25) is 0 Å². The average Bonchev–Trinajstić information content (AvgIpc) is 2.04. The van der Waals surface area contributed by atoms with Gasteiger partial charge in [0.15, 0.2) is 0 Å².